The minimum absolute atomic E-state index is 0.103. The molecule has 0 saturated heterocycles. The standard InChI is InChI=1S/C10H14FN3O2S/c11-8-3-9(5-13-4-8)17(15,16)14-7-10(6-12)1-2-10/h3-5,14H,1-2,6-7,12H2. The number of hydrogen-bond acceptors (Lipinski definition) is 4. The van der Waals surface area contributed by atoms with E-state index < -0.39 is 15.8 Å². The maximum Gasteiger partial charge on any atom is 0.242 e. The van der Waals surface area contributed by atoms with Crippen molar-refractivity contribution in [2.45, 2.75) is 17.7 Å². The summed E-state index contributed by atoms with van der Waals surface area (Å²) in [6.07, 6.45) is 3.93. The molecular formula is C10H14FN3O2S. The summed E-state index contributed by atoms with van der Waals surface area (Å²) in [6.45, 7) is 0.749. The van der Waals surface area contributed by atoms with Gasteiger partial charge in [0, 0.05) is 12.7 Å². The summed E-state index contributed by atoms with van der Waals surface area (Å²) in [6, 6.07) is 0.942. The molecule has 5 nitrogen and oxygen atoms in total. The quantitative estimate of drug-likeness (QED) is 0.793. The molecule has 0 spiro atoms. The normalized spacial score (nSPS) is 18.0. The van der Waals surface area contributed by atoms with E-state index in [-0.39, 0.29) is 10.3 Å². The van der Waals surface area contributed by atoms with E-state index in [4.69, 9.17) is 5.73 Å². The highest BCUT2D eigenvalue weighted by molar-refractivity contribution is 7.89. The molecule has 1 saturated carbocycles. The third kappa shape index (κ3) is 2.80. The molecule has 94 valence electrons. The summed E-state index contributed by atoms with van der Waals surface area (Å²) in [5.74, 6) is -0.673. The van der Waals surface area contributed by atoms with Gasteiger partial charge in [-0.15, -0.1) is 0 Å². The number of nitrogens with zero attached hydrogens (tertiary/aromatic N) is 1. The van der Waals surface area contributed by atoms with Crippen molar-refractivity contribution in [3.05, 3.63) is 24.3 Å². The van der Waals surface area contributed by atoms with Crippen molar-refractivity contribution in [2.24, 2.45) is 11.1 Å². The average molecular weight is 259 g/mol. The Morgan fingerprint density at radius 2 is 2.18 bits per heavy atom. The lowest BCUT2D eigenvalue weighted by Crippen LogP contribution is -2.34. The third-order valence-corrected chi connectivity index (χ3v) is 4.39. The molecule has 0 unspecified atom stereocenters. The molecule has 1 aromatic heterocycles. The van der Waals surface area contributed by atoms with E-state index in [0.29, 0.717) is 13.1 Å². The Morgan fingerprint density at radius 3 is 2.71 bits per heavy atom. The van der Waals surface area contributed by atoms with Gasteiger partial charge in [-0.05, 0) is 30.9 Å². The first-order valence-electron chi connectivity index (χ1n) is 5.28. The van der Waals surface area contributed by atoms with Crippen LogP contribution >= 0.6 is 0 Å². The number of sulfonamides is 1. The number of nitrogens with two attached hydrogens (primary N) is 1. The first-order chi connectivity index (χ1) is 7.97. The molecule has 1 heterocycles. The van der Waals surface area contributed by atoms with Gasteiger partial charge in [0.2, 0.25) is 10.0 Å². The number of rotatable bonds is 5. The summed E-state index contributed by atoms with van der Waals surface area (Å²) >= 11 is 0. The Bertz CT molecular complexity index is 514. The molecule has 0 aromatic carbocycles. The van der Waals surface area contributed by atoms with E-state index in [1.807, 2.05) is 0 Å². The Balaban J connectivity index is 2.09. The molecule has 3 N–H and O–H groups in total. The first-order valence-corrected chi connectivity index (χ1v) is 6.76. The van der Waals surface area contributed by atoms with Crippen LogP contribution < -0.4 is 10.5 Å². The molecule has 1 aliphatic carbocycles. The van der Waals surface area contributed by atoms with Gasteiger partial charge in [0.05, 0.1) is 6.20 Å². The first kappa shape index (κ1) is 12.4. The molecule has 1 fully saturated rings. The molecule has 0 bridgehead atoms. The van der Waals surface area contributed by atoms with Crippen LogP contribution in [-0.4, -0.2) is 26.5 Å². The fraction of sp³-hybridized carbons (Fsp3) is 0.500. The van der Waals surface area contributed by atoms with Gasteiger partial charge in [-0.25, -0.2) is 17.5 Å². The lowest BCUT2D eigenvalue weighted by atomic mass is 10.1. The van der Waals surface area contributed by atoms with E-state index >= 15 is 0 Å². The van der Waals surface area contributed by atoms with Crippen molar-refractivity contribution in [3.63, 3.8) is 0 Å². The van der Waals surface area contributed by atoms with Gasteiger partial charge in [-0.1, -0.05) is 0 Å². The Kier molecular flexibility index (Phi) is 3.15. The van der Waals surface area contributed by atoms with Gasteiger partial charge in [-0.3, -0.25) is 4.98 Å². The van der Waals surface area contributed by atoms with Gasteiger partial charge in [0.1, 0.15) is 10.7 Å². The fourth-order valence-corrected chi connectivity index (χ4v) is 2.63. The maximum absolute atomic E-state index is 12.9. The van der Waals surface area contributed by atoms with Crippen molar-refractivity contribution in [1.29, 1.82) is 0 Å². The topological polar surface area (TPSA) is 85.1 Å². The predicted molar refractivity (Wildman–Crippen MR) is 60.1 cm³/mol. The average Bonchev–Trinajstić information content (AvgIpc) is 3.07. The predicted octanol–water partition coefficient (Wildman–Crippen LogP) is 0.238. The second-order valence-electron chi connectivity index (χ2n) is 4.37. The molecule has 0 atom stereocenters. The van der Waals surface area contributed by atoms with Crippen LogP contribution in [0, 0.1) is 11.2 Å². The van der Waals surface area contributed by atoms with Crippen molar-refractivity contribution in [3.8, 4) is 0 Å². The highest BCUT2D eigenvalue weighted by Gasteiger charge is 2.41. The summed E-state index contributed by atoms with van der Waals surface area (Å²) in [7, 11) is -3.69. The minimum Gasteiger partial charge on any atom is -0.330 e. The van der Waals surface area contributed by atoms with Gasteiger partial charge in [-0.2, -0.15) is 0 Å². The molecule has 0 aliphatic heterocycles. The van der Waals surface area contributed by atoms with E-state index in [1.165, 1.54) is 0 Å². The molecule has 0 amide bonds. The molecule has 0 radical (unpaired) electrons. The zero-order valence-corrected chi connectivity index (χ0v) is 10.0. The minimum atomic E-state index is -3.69. The molecular weight excluding hydrogens is 245 g/mol. The lowest BCUT2D eigenvalue weighted by molar-refractivity contribution is 0.500. The van der Waals surface area contributed by atoms with Gasteiger partial charge in [0.15, 0.2) is 0 Å². The lowest BCUT2D eigenvalue weighted by Gasteiger charge is -2.13. The number of halogens is 1. The SMILES string of the molecule is NCC1(CNS(=O)(=O)c2cncc(F)c2)CC1. The zero-order valence-electron chi connectivity index (χ0n) is 9.19. The highest BCUT2D eigenvalue weighted by atomic mass is 32.2. The van der Waals surface area contributed by atoms with Crippen molar-refractivity contribution in [2.75, 3.05) is 13.1 Å². The number of aromatic nitrogens is 1. The van der Waals surface area contributed by atoms with Crippen LogP contribution in [0.4, 0.5) is 4.39 Å². The maximum atomic E-state index is 12.9. The van der Waals surface area contributed by atoms with Gasteiger partial charge in [0.25, 0.3) is 0 Å². The van der Waals surface area contributed by atoms with Crippen LogP contribution in [0.15, 0.2) is 23.4 Å². The van der Waals surface area contributed by atoms with Gasteiger partial charge < -0.3 is 5.73 Å². The largest absolute Gasteiger partial charge is 0.330 e. The fourth-order valence-electron chi connectivity index (χ4n) is 1.50. The number of pyridine rings is 1. The molecule has 2 rings (SSSR count). The number of nitrogens with one attached hydrogen (secondary N) is 1. The van der Waals surface area contributed by atoms with Crippen LogP contribution in [0.25, 0.3) is 0 Å². The molecule has 7 heteroatoms. The third-order valence-electron chi connectivity index (χ3n) is 3.02. The van der Waals surface area contributed by atoms with E-state index in [1.54, 1.807) is 0 Å². The smallest absolute Gasteiger partial charge is 0.242 e. The van der Waals surface area contributed by atoms with Crippen molar-refractivity contribution >= 4 is 10.0 Å². The second kappa shape index (κ2) is 4.32. The van der Waals surface area contributed by atoms with Crippen molar-refractivity contribution in [1.82, 2.24) is 9.71 Å². The number of hydrogen-bond donors (Lipinski definition) is 2. The summed E-state index contributed by atoms with van der Waals surface area (Å²) < 4.78 is 38.9. The Labute approximate surface area is 99.3 Å². The molecule has 1 aliphatic rings. The van der Waals surface area contributed by atoms with E-state index in [0.717, 1.165) is 31.3 Å². The second-order valence-corrected chi connectivity index (χ2v) is 6.13. The summed E-state index contributed by atoms with van der Waals surface area (Å²) in [5.41, 5.74) is 5.45. The zero-order chi connectivity index (χ0) is 12.5. The highest BCUT2D eigenvalue weighted by Crippen LogP contribution is 2.43. The van der Waals surface area contributed by atoms with E-state index in [9.17, 15) is 12.8 Å². The van der Waals surface area contributed by atoms with Crippen molar-refractivity contribution < 1.29 is 12.8 Å². The monoisotopic (exact) mass is 259 g/mol. The van der Waals surface area contributed by atoms with Crippen LogP contribution in [0.1, 0.15) is 12.8 Å². The van der Waals surface area contributed by atoms with Crippen LogP contribution in [0.3, 0.4) is 0 Å². The molecule has 17 heavy (non-hydrogen) atoms. The van der Waals surface area contributed by atoms with Crippen LogP contribution in [0.2, 0.25) is 0 Å². The van der Waals surface area contributed by atoms with Crippen LogP contribution in [-0.2, 0) is 10.0 Å². The summed E-state index contributed by atoms with van der Waals surface area (Å²) in [5, 5.41) is 0. The Morgan fingerprint density at radius 1 is 1.47 bits per heavy atom. The Hall–Kier alpha value is -1.05. The van der Waals surface area contributed by atoms with Crippen LogP contribution in [0.5, 0.6) is 0 Å². The summed E-state index contributed by atoms with van der Waals surface area (Å²) in [4.78, 5) is 3.35. The molecule has 1 aromatic rings. The van der Waals surface area contributed by atoms with Gasteiger partial charge >= 0.3 is 0 Å². The van der Waals surface area contributed by atoms with E-state index in [2.05, 4.69) is 9.71 Å².